The van der Waals surface area contributed by atoms with Gasteiger partial charge in [0.2, 0.25) is 0 Å². The van der Waals surface area contributed by atoms with Crippen LogP contribution in [0.3, 0.4) is 0 Å². The Morgan fingerprint density at radius 2 is 1.82 bits per heavy atom. The third-order valence-corrected chi connectivity index (χ3v) is 0.936. The van der Waals surface area contributed by atoms with Crippen LogP contribution in [0, 0.1) is 11.5 Å². The zero-order chi connectivity index (χ0) is 8.53. The molecule has 0 aliphatic rings. The maximum atomic E-state index is 10.0. The molecule has 0 amide bonds. The van der Waals surface area contributed by atoms with Crippen LogP contribution in [0.2, 0.25) is 0 Å². The summed E-state index contributed by atoms with van der Waals surface area (Å²) < 4.78 is 0. The van der Waals surface area contributed by atoms with Crippen molar-refractivity contribution in [3.05, 3.63) is 35.9 Å². The smallest absolute Gasteiger partial charge is 0.173 e. The summed E-state index contributed by atoms with van der Waals surface area (Å²) in [6.45, 7) is 0. The second kappa shape index (κ2) is 6.30. The van der Waals surface area contributed by atoms with Crippen LogP contribution in [-0.4, -0.2) is 6.29 Å². The van der Waals surface area contributed by atoms with Gasteiger partial charge in [-0.05, 0) is 0 Å². The van der Waals surface area contributed by atoms with Crippen LogP contribution in [0.15, 0.2) is 30.3 Å². The molecule has 3 heteroatoms. The first kappa shape index (κ1) is 9.18. The summed E-state index contributed by atoms with van der Waals surface area (Å²) in [5.41, 5.74) is 4.88. The molecular formula is C8H8N2O. The number of rotatable bonds is 1. The van der Waals surface area contributed by atoms with E-state index in [1.165, 1.54) is 6.19 Å². The van der Waals surface area contributed by atoms with Gasteiger partial charge in [0.25, 0.3) is 0 Å². The SMILES string of the molecule is N#CN.O=Cc1ccccc1. The largest absolute Gasteiger partial charge is 0.337 e. The molecule has 11 heavy (non-hydrogen) atoms. The minimum Gasteiger partial charge on any atom is -0.337 e. The fourth-order valence-corrected chi connectivity index (χ4v) is 0.532. The fraction of sp³-hybridized carbons (Fsp3) is 0. The predicted molar refractivity (Wildman–Crippen MR) is 41.6 cm³/mol. The summed E-state index contributed by atoms with van der Waals surface area (Å²) in [7, 11) is 0. The lowest BCUT2D eigenvalue weighted by Crippen LogP contribution is -1.73. The van der Waals surface area contributed by atoms with Gasteiger partial charge in [0.1, 0.15) is 6.29 Å². The molecule has 1 rings (SSSR count). The van der Waals surface area contributed by atoms with Gasteiger partial charge >= 0.3 is 0 Å². The lowest BCUT2D eigenvalue weighted by molar-refractivity contribution is 0.112. The van der Waals surface area contributed by atoms with Crippen molar-refractivity contribution >= 4 is 6.29 Å². The molecule has 0 unspecified atom stereocenters. The molecule has 0 aromatic heterocycles. The average Bonchev–Trinajstić information content (AvgIpc) is 2.08. The minimum atomic E-state index is 0.729. The summed E-state index contributed by atoms with van der Waals surface area (Å²) in [5.74, 6) is 0. The van der Waals surface area contributed by atoms with Gasteiger partial charge in [0, 0.05) is 5.56 Å². The number of aldehydes is 1. The molecular weight excluding hydrogens is 140 g/mol. The highest BCUT2D eigenvalue weighted by molar-refractivity contribution is 5.74. The third kappa shape index (κ3) is 4.67. The quantitative estimate of drug-likeness (QED) is 0.366. The Labute approximate surface area is 65.1 Å². The molecule has 0 aliphatic carbocycles. The molecule has 0 heterocycles. The molecule has 2 N–H and O–H groups in total. The first-order valence-corrected chi connectivity index (χ1v) is 2.95. The summed E-state index contributed by atoms with van der Waals surface area (Å²) in [6.07, 6.45) is 2.08. The highest BCUT2D eigenvalue weighted by Crippen LogP contribution is 1.91. The predicted octanol–water partition coefficient (Wildman–Crippen LogP) is 0.925. The second-order valence-electron chi connectivity index (χ2n) is 1.66. The lowest BCUT2D eigenvalue weighted by atomic mass is 10.2. The molecule has 0 fully saturated rings. The van der Waals surface area contributed by atoms with Crippen molar-refractivity contribution in [2.24, 2.45) is 5.73 Å². The van der Waals surface area contributed by atoms with Gasteiger partial charge in [-0.1, -0.05) is 30.3 Å². The molecule has 0 bridgehead atoms. The van der Waals surface area contributed by atoms with Crippen LogP contribution in [0.25, 0.3) is 0 Å². The van der Waals surface area contributed by atoms with E-state index >= 15 is 0 Å². The van der Waals surface area contributed by atoms with E-state index < -0.39 is 0 Å². The van der Waals surface area contributed by atoms with Crippen molar-refractivity contribution < 1.29 is 4.79 Å². The van der Waals surface area contributed by atoms with Crippen molar-refractivity contribution in [1.82, 2.24) is 0 Å². The van der Waals surface area contributed by atoms with Gasteiger partial charge < -0.3 is 5.73 Å². The van der Waals surface area contributed by atoms with Crippen LogP contribution in [0.4, 0.5) is 0 Å². The molecule has 0 saturated heterocycles. The fourth-order valence-electron chi connectivity index (χ4n) is 0.532. The van der Waals surface area contributed by atoms with Gasteiger partial charge in [-0.25, -0.2) is 0 Å². The molecule has 56 valence electrons. The van der Waals surface area contributed by atoms with Crippen LogP contribution in [-0.2, 0) is 0 Å². The van der Waals surface area contributed by atoms with Crippen LogP contribution >= 0.6 is 0 Å². The zero-order valence-electron chi connectivity index (χ0n) is 5.90. The van der Waals surface area contributed by atoms with Crippen molar-refractivity contribution in [2.45, 2.75) is 0 Å². The lowest BCUT2D eigenvalue weighted by Gasteiger charge is -1.81. The summed E-state index contributed by atoms with van der Waals surface area (Å²) in [4.78, 5) is 10.0. The maximum Gasteiger partial charge on any atom is 0.173 e. The number of hydrogen-bond acceptors (Lipinski definition) is 3. The van der Waals surface area contributed by atoms with Gasteiger partial charge in [0.05, 0.1) is 0 Å². The first-order chi connectivity index (χ1) is 5.35. The minimum absolute atomic E-state index is 0.729. The topological polar surface area (TPSA) is 66.9 Å². The molecule has 0 spiro atoms. The number of carbonyl (C=O) groups excluding carboxylic acids is 1. The van der Waals surface area contributed by atoms with E-state index in [2.05, 4.69) is 5.73 Å². The van der Waals surface area contributed by atoms with Gasteiger partial charge in [-0.15, -0.1) is 0 Å². The molecule has 3 nitrogen and oxygen atoms in total. The Morgan fingerprint density at radius 3 is 2.09 bits per heavy atom. The van der Waals surface area contributed by atoms with E-state index in [4.69, 9.17) is 5.26 Å². The normalized spacial score (nSPS) is 6.82. The van der Waals surface area contributed by atoms with Crippen LogP contribution in [0.1, 0.15) is 10.4 Å². The van der Waals surface area contributed by atoms with E-state index in [9.17, 15) is 4.79 Å². The van der Waals surface area contributed by atoms with Crippen molar-refractivity contribution in [3.8, 4) is 6.19 Å². The van der Waals surface area contributed by atoms with E-state index in [0.717, 1.165) is 11.8 Å². The van der Waals surface area contributed by atoms with Gasteiger partial charge in [-0.3, -0.25) is 4.79 Å². The standard InChI is InChI=1S/C7H6O.CH2N2/c8-6-7-4-2-1-3-5-7;2-1-3/h1-6H;2H2. The number of nitriles is 1. The van der Waals surface area contributed by atoms with Crippen LogP contribution < -0.4 is 5.73 Å². The molecule has 0 radical (unpaired) electrons. The molecule has 0 atom stereocenters. The Bertz CT molecular complexity index is 238. The number of carbonyl (C=O) groups is 1. The molecule has 0 aliphatic heterocycles. The summed E-state index contributed by atoms with van der Waals surface area (Å²) in [5, 5.41) is 7.10. The van der Waals surface area contributed by atoms with E-state index in [1.54, 1.807) is 12.1 Å². The summed E-state index contributed by atoms with van der Waals surface area (Å²) in [6, 6.07) is 9.10. The highest BCUT2D eigenvalue weighted by atomic mass is 16.1. The molecule has 1 aromatic rings. The number of nitrogens with two attached hydrogens (primary N) is 1. The van der Waals surface area contributed by atoms with Crippen molar-refractivity contribution in [3.63, 3.8) is 0 Å². The van der Waals surface area contributed by atoms with Gasteiger partial charge in [-0.2, -0.15) is 5.26 Å². The monoisotopic (exact) mass is 148 g/mol. The summed E-state index contributed by atoms with van der Waals surface area (Å²) >= 11 is 0. The Morgan fingerprint density at radius 1 is 1.36 bits per heavy atom. The average molecular weight is 148 g/mol. The van der Waals surface area contributed by atoms with E-state index in [-0.39, 0.29) is 0 Å². The maximum absolute atomic E-state index is 10.0. The number of nitrogens with zero attached hydrogens (tertiary/aromatic N) is 1. The number of benzene rings is 1. The van der Waals surface area contributed by atoms with E-state index in [1.807, 2.05) is 18.2 Å². The third-order valence-electron chi connectivity index (χ3n) is 0.936. The van der Waals surface area contributed by atoms with Crippen molar-refractivity contribution in [1.29, 1.82) is 5.26 Å². The Balaban J connectivity index is 0.000000292. The second-order valence-corrected chi connectivity index (χ2v) is 1.66. The highest BCUT2D eigenvalue weighted by Gasteiger charge is 1.79. The molecule has 0 saturated carbocycles. The van der Waals surface area contributed by atoms with Crippen molar-refractivity contribution in [2.75, 3.05) is 0 Å². The van der Waals surface area contributed by atoms with Gasteiger partial charge in [0.15, 0.2) is 6.19 Å². The zero-order valence-corrected chi connectivity index (χ0v) is 5.90. The molecule has 1 aromatic carbocycles. The Hall–Kier alpha value is -1.82. The van der Waals surface area contributed by atoms with E-state index in [0.29, 0.717) is 0 Å². The van der Waals surface area contributed by atoms with Crippen LogP contribution in [0.5, 0.6) is 0 Å². The number of hydrogen-bond donors (Lipinski definition) is 1. The Kier molecular flexibility index (Phi) is 5.26. The first-order valence-electron chi connectivity index (χ1n) is 2.95.